The van der Waals surface area contributed by atoms with Crippen LogP contribution in [0.4, 0.5) is 5.69 Å². The standard InChI is InChI=1S/C20H27N3O4/c1-13-19(14(2)23(6)22-13)21-17(24)11-27-18(25)12-26-16-10-8-7-9-15(16)20(3,4)5/h7-10H,11-12H2,1-6H3,(H,21,24). The SMILES string of the molecule is Cc1nn(C)c(C)c1NC(=O)COC(=O)COc1ccccc1C(C)(C)C. The highest BCUT2D eigenvalue weighted by atomic mass is 16.6. The molecule has 7 nitrogen and oxygen atoms in total. The van der Waals surface area contributed by atoms with Gasteiger partial charge in [0.2, 0.25) is 0 Å². The van der Waals surface area contributed by atoms with Gasteiger partial charge in [0.15, 0.2) is 13.2 Å². The normalized spacial score (nSPS) is 11.2. The summed E-state index contributed by atoms with van der Waals surface area (Å²) in [4.78, 5) is 24.0. The quantitative estimate of drug-likeness (QED) is 0.787. The molecule has 0 saturated carbocycles. The van der Waals surface area contributed by atoms with Crippen LogP contribution in [-0.2, 0) is 26.8 Å². The Hall–Kier alpha value is -2.83. The molecule has 0 unspecified atom stereocenters. The van der Waals surface area contributed by atoms with E-state index in [1.165, 1.54) is 0 Å². The molecule has 1 aromatic heterocycles. The Morgan fingerprint density at radius 2 is 1.81 bits per heavy atom. The summed E-state index contributed by atoms with van der Waals surface area (Å²) in [5.74, 6) is -0.390. The van der Waals surface area contributed by atoms with Crippen molar-refractivity contribution in [2.75, 3.05) is 18.5 Å². The van der Waals surface area contributed by atoms with Gasteiger partial charge in [-0.25, -0.2) is 4.79 Å². The zero-order chi connectivity index (χ0) is 20.2. The summed E-state index contributed by atoms with van der Waals surface area (Å²) < 4.78 is 12.3. The van der Waals surface area contributed by atoms with Gasteiger partial charge >= 0.3 is 5.97 Å². The average molecular weight is 373 g/mol. The van der Waals surface area contributed by atoms with Crippen molar-refractivity contribution in [3.63, 3.8) is 0 Å². The van der Waals surface area contributed by atoms with Crippen LogP contribution in [0.2, 0.25) is 0 Å². The van der Waals surface area contributed by atoms with Gasteiger partial charge in [0, 0.05) is 7.05 Å². The van der Waals surface area contributed by atoms with Crippen LogP contribution < -0.4 is 10.1 Å². The molecule has 0 fully saturated rings. The van der Waals surface area contributed by atoms with Gasteiger partial charge in [0.25, 0.3) is 5.91 Å². The van der Waals surface area contributed by atoms with Crippen LogP contribution in [0.1, 0.15) is 37.7 Å². The van der Waals surface area contributed by atoms with Crippen LogP contribution >= 0.6 is 0 Å². The van der Waals surface area contributed by atoms with Crippen molar-refractivity contribution in [1.82, 2.24) is 9.78 Å². The van der Waals surface area contributed by atoms with Gasteiger partial charge in [-0.05, 0) is 30.9 Å². The maximum Gasteiger partial charge on any atom is 0.344 e. The number of nitrogens with zero attached hydrogens (tertiary/aromatic N) is 2. The zero-order valence-corrected chi connectivity index (χ0v) is 16.8. The molecule has 0 aliphatic rings. The minimum absolute atomic E-state index is 0.111. The molecule has 0 aliphatic heterocycles. The molecular formula is C20H27N3O4. The van der Waals surface area contributed by atoms with Gasteiger partial charge in [0.05, 0.1) is 17.1 Å². The summed E-state index contributed by atoms with van der Waals surface area (Å²) in [7, 11) is 1.80. The third kappa shape index (κ3) is 5.32. The first-order valence-electron chi connectivity index (χ1n) is 8.77. The topological polar surface area (TPSA) is 82.5 Å². The van der Waals surface area contributed by atoms with Crippen LogP contribution in [-0.4, -0.2) is 34.9 Å². The third-order valence-electron chi connectivity index (χ3n) is 4.18. The van der Waals surface area contributed by atoms with Crippen molar-refractivity contribution in [3.8, 4) is 5.75 Å². The second-order valence-corrected chi connectivity index (χ2v) is 7.41. The molecule has 0 spiro atoms. The Morgan fingerprint density at radius 1 is 1.15 bits per heavy atom. The number of carbonyl (C=O) groups excluding carboxylic acids is 2. The molecular weight excluding hydrogens is 346 g/mol. The van der Waals surface area contributed by atoms with Crippen LogP contribution in [0.5, 0.6) is 5.75 Å². The second-order valence-electron chi connectivity index (χ2n) is 7.41. The number of rotatable bonds is 6. The molecule has 0 radical (unpaired) electrons. The smallest absolute Gasteiger partial charge is 0.344 e. The number of benzene rings is 1. The molecule has 0 saturated heterocycles. The van der Waals surface area contributed by atoms with Gasteiger partial charge in [-0.2, -0.15) is 5.10 Å². The van der Waals surface area contributed by atoms with E-state index >= 15 is 0 Å². The number of carbonyl (C=O) groups is 2. The Balaban J connectivity index is 1.86. The molecule has 2 aromatic rings. The molecule has 1 aromatic carbocycles. The fourth-order valence-electron chi connectivity index (χ4n) is 2.67. The van der Waals surface area contributed by atoms with E-state index in [0.29, 0.717) is 17.1 Å². The van der Waals surface area contributed by atoms with E-state index in [9.17, 15) is 9.59 Å². The summed E-state index contributed by atoms with van der Waals surface area (Å²) in [5, 5.41) is 6.94. The fraction of sp³-hybridized carbons (Fsp3) is 0.450. The second kappa shape index (κ2) is 8.24. The van der Waals surface area contributed by atoms with Crippen LogP contribution in [0.3, 0.4) is 0 Å². The minimum Gasteiger partial charge on any atom is -0.482 e. The lowest BCUT2D eigenvalue weighted by molar-refractivity contribution is -0.149. The predicted molar refractivity (Wildman–Crippen MR) is 103 cm³/mol. The molecule has 0 bridgehead atoms. The molecule has 1 N–H and O–H groups in total. The number of amides is 1. The van der Waals surface area contributed by atoms with E-state index in [-0.39, 0.29) is 18.6 Å². The maximum absolute atomic E-state index is 12.0. The van der Waals surface area contributed by atoms with Gasteiger partial charge in [-0.3, -0.25) is 9.48 Å². The van der Waals surface area contributed by atoms with Crippen LogP contribution in [0, 0.1) is 13.8 Å². The average Bonchev–Trinajstić information content (AvgIpc) is 2.84. The number of anilines is 1. The van der Waals surface area contributed by atoms with Gasteiger partial charge in [-0.1, -0.05) is 39.0 Å². The van der Waals surface area contributed by atoms with Gasteiger partial charge in [0.1, 0.15) is 5.75 Å². The zero-order valence-electron chi connectivity index (χ0n) is 16.8. The van der Waals surface area contributed by atoms with Crippen molar-refractivity contribution >= 4 is 17.6 Å². The lowest BCUT2D eigenvalue weighted by Gasteiger charge is -2.22. The fourth-order valence-corrected chi connectivity index (χ4v) is 2.67. The molecule has 1 amide bonds. The van der Waals surface area contributed by atoms with E-state index in [4.69, 9.17) is 9.47 Å². The monoisotopic (exact) mass is 373 g/mol. The Labute approximate surface area is 159 Å². The van der Waals surface area contributed by atoms with Crippen molar-refractivity contribution in [2.24, 2.45) is 7.05 Å². The molecule has 0 aliphatic carbocycles. The highest BCUT2D eigenvalue weighted by Crippen LogP contribution is 2.30. The number of aromatic nitrogens is 2. The molecule has 1 heterocycles. The van der Waals surface area contributed by atoms with Crippen LogP contribution in [0.15, 0.2) is 24.3 Å². The molecule has 146 valence electrons. The summed E-state index contributed by atoms with van der Waals surface area (Å²) >= 11 is 0. The number of para-hydroxylation sites is 1. The summed E-state index contributed by atoms with van der Waals surface area (Å²) in [6, 6.07) is 7.56. The lowest BCUT2D eigenvalue weighted by Crippen LogP contribution is -2.24. The highest BCUT2D eigenvalue weighted by Gasteiger charge is 2.19. The van der Waals surface area contributed by atoms with Crippen molar-refractivity contribution in [1.29, 1.82) is 0 Å². The summed E-state index contributed by atoms with van der Waals surface area (Å²) in [5.41, 5.74) is 3.05. The predicted octanol–water partition coefficient (Wildman–Crippen LogP) is 2.90. The Bertz CT molecular complexity index is 834. The third-order valence-corrected chi connectivity index (χ3v) is 4.18. The lowest BCUT2D eigenvalue weighted by atomic mass is 9.86. The first kappa shape index (κ1) is 20.5. The maximum atomic E-state index is 12.0. The largest absolute Gasteiger partial charge is 0.482 e. The van der Waals surface area contributed by atoms with Gasteiger partial charge in [-0.15, -0.1) is 0 Å². The number of nitrogens with one attached hydrogen (secondary N) is 1. The van der Waals surface area contributed by atoms with E-state index < -0.39 is 11.9 Å². The first-order chi connectivity index (χ1) is 12.6. The number of hydrogen-bond acceptors (Lipinski definition) is 5. The van der Waals surface area contributed by atoms with E-state index in [1.54, 1.807) is 18.7 Å². The summed E-state index contributed by atoms with van der Waals surface area (Å²) in [6.07, 6.45) is 0. The molecule has 27 heavy (non-hydrogen) atoms. The number of aryl methyl sites for hydroxylation is 2. The summed E-state index contributed by atoms with van der Waals surface area (Å²) in [6.45, 7) is 9.22. The van der Waals surface area contributed by atoms with E-state index in [0.717, 1.165) is 11.3 Å². The van der Waals surface area contributed by atoms with Gasteiger partial charge < -0.3 is 14.8 Å². The first-order valence-corrected chi connectivity index (χ1v) is 8.77. The van der Waals surface area contributed by atoms with Crippen LogP contribution in [0.25, 0.3) is 0 Å². The number of ether oxygens (including phenoxy) is 2. The number of esters is 1. The van der Waals surface area contributed by atoms with Crippen molar-refractivity contribution in [2.45, 2.75) is 40.0 Å². The number of hydrogen-bond donors (Lipinski definition) is 1. The minimum atomic E-state index is -0.603. The van der Waals surface area contributed by atoms with Crippen molar-refractivity contribution < 1.29 is 19.1 Å². The molecule has 7 heteroatoms. The van der Waals surface area contributed by atoms with E-state index in [1.807, 2.05) is 31.2 Å². The Morgan fingerprint density at radius 3 is 2.41 bits per heavy atom. The van der Waals surface area contributed by atoms with Crippen molar-refractivity contribution in [3.05, 3.63) is 41.2 Å². The van der Waals surface area contributed by atoms with E-state index in [2.05, 4.69) is 31.2 Å². The highest BCUT2D eigenvalue weighted by molar-refractivity contribution is 5.93. The molecule has 0 atom stereocenters. The Kier molecular flexibility index (Phi) is 6.25. The molecule has 2 rings (SSSR count).